The first-order valence-electron chi connectivity index (χ1n) is 6.15. The van der Waals surface area contributed by atoms with E-state index in [1.165, 1.54) is 0 Å². The summed E-state index contributed by atoms with van der Waals surface area (Å²) in [6.07, 6.45) is 4.69. The van der Waals surface area contributed by atoms with Gasteiger partial charge in [-0.1, -0.05) is 42.5 Å². The molecule has 1 amide bonds. The summed E-state index contributed by atoms with van der Waals surface area (Å²) in [7, 11) is 0. The lowest BCUT2D eigenvalue weighted by Gasteiger charge is -2.05. The number of anilines is 1. The van der Waals surface area contributed by atoms with Crippen LogP contribution < -0.4 is 11.1 Å². The van der Waals surface area contributed by atoms with Crippen molar-refractivity contribution >= 4 is 18.0 Å². The summed E-state index contributed by atoms with van der Waals surface area (Å²) in [6.45, 7) is 0.614. The summed E-state index contributed by atoms with van der Waals surface area (Å²) in [5, 5.41) is 9.02. The number of benzene rings is 1. The molecule has 6 nitrogen and oxygen atoms in total. The second kappa shape index (κ2) is 6.98. The zero-order valence-corrected chi connectivity index (χ0v) is 10.9. The molecule has 0 aliphatic rings. The van der Waals surface area contributed by atoms with Crippen LogP contribution in [0.25, 0.3) is 6.08 Å². The molecule has 2 aromatic rings. The summed E-state index contributed by atoms with van der Waals surface area (Å²) in [4.78, 5) is 11.4. The first-order valence-corrected chi connectivity index (χ1v) is 6.15. The van der Waals surface area contributed by atoms with Crippen molar-refractivity contribution in [2.45, 2.75) is 6.61 Å². The van der Waals surface area contributed by atoms with Crippen molar-refractivity contribution in [2.75, 3.05) is 12.3 Å². The van der Waals surface area contributed by atoms with E-state index in [0.717, 1.165) is 11.1 Å². The van der Waals surface area contributed by atoms with Gasteiger partial charge in [-0.25, -0.2) is 4.79 Å². The molecule has 0 spiro atoms. The number of nitrogens with zero attached hydrogens (tertiary/aromatic N) is 1. The molecular formula is C14H16N4O2. The van der Waals surface area contributed by atoms with E-state index in [1.807, 2.05) is 30.3 Å². The first-order chi connectivity index (χ1) is 9.75. The van der Waals surface area contributed by atoms with Crippen molar-refractivity contribution in [3.8, 4) is 0 Å². The molecule has 104 valence electrons. The van der Waals surface area contributed by atoms with Crippen LogP contribution in [0.2, 0.25) is 0 Å². The molecule has 0 fully saturated rings. The summed E-state index contributed by atoms with van der Waals surface area (Å²) in [5.41, 5.74) is 7.34. The number of nitrogen functional groups attached to an aromatic ring is 1. The Kier molecular flexibility index (Phi) is 4.77. The molecule has 6 heteroatoms. The maximum Gasteiger partial charge on any atom is 0.407 e. The van der Waals surface area contributed by atoms with Crippen molar-refractivity contribution < 1.29 is 9.53 Å². The Labute approximate surface area is 116 Å². The van der Waals surface area contributed by atoms with Gasteiger partial charge in [0.15, 0.2) is 0 Å². The standard InChI is InChI=1S/C14H16N4O2/c15-13-12(9-17-18-13)7-4-8-16-14(19)20-10-11-5-2-1-3-6-11/h1-7,9H,8,10H2,(H,16,19)(H3,15,17,18). The van der Waals surface area contributed by atoms with Crippen molar-refractivity contribution in [3.05, 3.63) is 53.7 Å². The van der Waals surface area contributed by atoms with Gasteiger partial charge in [0, 0.05) is 12.1 Å². The normalized spacial score (nSPS) is 10.6. The Morgan fingerprint density at radius 3 is 2.90 bits per heavy atom. The highest BCUT2D eigenvalue weighted by Gasteiger charge is 2.00. The number of rotatable bonds is 5. The van der Waals surface area contributed by atoms with Gasteiger partial charge in [0.2, 0.25) is 0 Å². The minimum absolute atomic E-state index is 0.255. The zero-order chi connectivity index (χ0) is 14.2. The minimum atomic E-state index is -0.460. The number of hydrogen-bond donors (Lipinski definition) is 3. The third-order valence-corrected chi connectivity index (χ3v) is 2.57. The second-order valence-corrected chi connectivity index (χ2v) is 4.08. The van der Waals surface area contributed by atoms with Crippen LogP contribution in [0, 0.1) is 0 Å². The van der Waals surface area contributed by atoms with Gasteiger partial charge in [-0.15, -0.1) is 0 Å². The monoisotopic (exact) mass is 272 g/mol. The Morgan fingerprint density at radius 1 is 1.40 bits per heavy atom. The van der Waals surface area contributed by atoms with Gasteiger partial charge < -0.3 is 15.8 Å². The molecule has 1 heterocycles. The molecule has 0 unspecified atom stereocenters. The molecule has 0 aliphatic carbocycles. The molecule has 0 saturated heterocycles. The average molecular weight is 272 g/mol. The van der Waals surface area contributed by atoms with E-state index in [9.17, 15) is 4.79 Å². The third-order valence-electron chi connectivity index (χ3n) is 2.57. The lowest BCUT2D eigenvalue weighted by Crippen LogP contribution is -2.24. The Morgan fingerprint density at radius 2 is 2.20 bits per heavy atom. The molecule has 0 saturated carbocycles. The van der Waals surface area contributed by atoms with Crippen molar-refractivity contribution in [2.24, 2.45) is 0 Å². The molecule has 1 aromatic heterocycles. The van der Waals surface area contributed by atoms with Gasteiger partial charge in [0.05, 0.1) is 6.20 Å². The minimum Gasteiger partial charge on any atom is -0.445 e. The predicted octanol–water partition coefficient (Wildman–Crippen LogP) is 1.93. The van der Waals surface area contributed by atoms with Crippen LogP contribution in [-0.2, 0) is 11.3 Å². The third kappa shape index (κ3) is 4.16. The molecule has 0 bridgehead atoms. The molecule has 0 radical (unpaired) electrons. The Bertz CT molecular complexity index is 578. The fourth-order valence-electron chi connectivity index (χ4n) is 1.54. The maximum absolute atomic E-state index is 11.4. The highest BCUT2D eigenvalue weighted by molar-refractivity contribution is 5.68. The highest BCUT2D eigenvalue weighted by Crippen LogP contribution is 2.07. The van der Waals surface area contributed by atoms with E-state index in [-0.39, 0.29) is 6.61 Å². The number of ether oxygens (including phenoxy) is 1. The molecule has 4 N–H and O–H groups in total. The topological polar surface area (TPSA) is 93.0 Å². The van der Waals surface area contributed by atoms with Gasteiger partial charge in [0.1, 0.15) is 12.4 Å². The molecular weight excluding hydrogens is 256 g/mol. The fourth-order valence-corrected chi connectivity index (χ4v) is 1.54. The summed E-state index contributed by atoms with van der Waals surface area (Å²) in [5.74, 6) is 0.493. The van der Waals surface area contributed by atoms with Gasteiger partial charge in [-0.3, -0.25) is 5.10 Å². The second-order valence-electron chi connectivity index (χ2n) is 4.08. The number of nitrogens with one attached hydrogen (secondary N) is 2. The van der Waals surface area contributed by atoms with Crippen molar-refractivity contribution in [1.82, 2.24) is 15.5 Å². The smallest absolute Gasteiger partial charge is 0.407 e. The molecule has 20 heavy (non-hydrogen) atoms. The average Bonchev–Trinajstić information content (AvgIpc) is 2.88. The van der Waals surface area contributed by atoms with Crippen LogP contribution in [0.1, 0.15) is 11.1 Å². The van der Waals surface area contributed by atoms with Crippen LogP contribution in [0.15, 0.2) is 42.6 Å². The molecule has 0 aliphatic heterocycles. The van der Waals surface area contributed by atoms with E-state index in [1.54, 1.807) is 18.3 Å². The van der Waals surface area contributed by atoms with E-state index >= 15 is 0 Å². The van der Waals surface area contributed by atoms with Crippen LogP contribution >= 0.6 is 0 Å². The fraction of sp³-hybridized carbons (Fsp3) is 0.143. The number of hydrogen-bond acceptors (Lipinski definition) is 4. The highest BCUT2D eigenvalue weighted by atomic mass is 16.5. The van der Waals surface area contributed by atoms with E-state index in [4.69, 9.17) is 10.5 Å². The van der Waals surface area contributed by atoms with Gasteiger partial charge >= 0.3 is 6.09 Å². The quantitative estimate of drug-likeness (QED) is 0.775. The lowest BCUT2D eigenvalue weighted by molar-refractivity contribution is 0.141. The van der Waals surface area contributed by atoms with Gasteiger partial charge in [-0.05, 0) is 5.56 Å². The molecule has 0 atom stereocenters. The van der Waals surface area contributed by atoms with Crippen LogP contribution in [0.5, 0.6) is 0 Å². The number of alkyl carbamates (subject to hydrolysis) is 1. The van der Waals surface area contributed by atoms with Gasteiger partial charge in [0.25, 0.3) is 0 Å². The van der Waals surface area contributed by atoms with Crippen molar-refractivity contribution in [3.63, 3.8) is 0 Å². The van der Waals surface area contributed by atoms with Crippen LogP contribution in [0.3, 0.4) is 0 Å². The van der Waals surface area contributed by atoms with Crippen molar-refractivity contribution in [1.29, 1.82) is 0 Å². The van der Waals surface area contributed by atoms with Crippen LogP contribution in [0.4, 0.5) is 10.6 Å². The predicted molar refractivity (Wildman–Crippen MR) is 76.7 cm³/mol. The number of carbonyl (C=O) groups excluding carboxylic acids is 1. The largest absolute Gasteiger partial charge is 0.445 e. The number of amides is 1. The number of nitrogens with two attached hydrogens (primary N) is 1. The Hall–Kier alpha value is -2.76. The number of aromatic nitrogens is 2. The van der Waals surface area contributed by atoms with Gasteiger partial charge in [-0.2, -0.15) is 5.10 Å². The SMILES string of the molecule is Nc1[nH]ncc1C=CCNC(=O)OCc1ccccc1. The summed E-state index contributed by atoms with van der Waals surface area (Å²) < 4.78 is 5.06. The summed E-state index contributed by atoms with van der Waals surface area (Å²) in [6, 6.07) is 9.50. The molecule has 1 aromatic carbocycles. The zero-order valence-electron chi connectivity index (χ0n) is 10.9. The number of carbonyl (C=O) groups is 1. The van der Waals surface area contributed by atoms with Crippen LogP contribution in [-0.4, -0.2) is 22.8 Å². The number of aromatic amines is 1. The van der Waals surface area contributed by atoms with E-state index in [0.29, 0.717) is 12.4 Å². The Balaban J connectivity index is 1.68. The number of H-pyrrole nitrogens is 1. The molecule has 2 rings (SSSR count). The maximum atomic E-state index is 11.4. The summed E-state index contributed by atoms with van der Waals surface area (Å²) >= 11 is 0. The lowest BCUT2D eigenvalue weighted by atomic mass is 10.2. The van der Waals surface area contributed by atoms with E-state index < -0.39 is 6.09 Å². The van der Waals surface area contributed by atoms with E-state index in [2.05, 4.69) is 15.5 Å². The first kappa shape index (κ1) is 13.7.